The summed E-state index contributed by atoms with van der Waals surface area (Å²) >= 11 is 0. The van der Waals surface area contributed by atoms with Gasteiger partial charge in [0.15, 0.2) is 0 Å². The van der Waals surface area contributed by atoms with E-state index in [1.807, 2.05) is 31.0 Å². The van der Waals surface area contributed by atoms with Crippen LogP contribution in [-0.4, -0.2) is 24.4 Å². The topological polar surface area (TPSA) is 59.5 Å². The number of carbonyl (C=O) groups is 1. The molecule has 2 N–H and O–H groups in total. The molecule has 0 unspecified atom stereocenters. The second-order valence-electron chi connectivity index (χ2n) is 3.47. The Balaban J connectivity index is 2.33. The highest BCUT2D eigenvalue weighted by molar-refractivity contribution is 5.73. The van der Waals surface area contributed by atoms with Crippen LogP contribution in [0.2, 0.25) is 0 Å². The number of amides is 1. The van der Waals surface area contributed by atoms with Gasteiger partial charge in [-0.3, -0.25) is 9.69 Å². The van der Waals surface area contributed by atoms with Crippen LogP contribution in [0.4, 0.5) is 0 Å². The van der Waals surface area contributed by atoms with Gasteiger partial charge in [-0.2, -0.15) is 0 Å². The van der Waals surface area contributed by atoms with E-state index in [4.69, 9.17) is 10.2 Å². The maximum absolute atomic E-state index is 10.5. The van der Waals surface area contributed by atoms with Gasteiger partial charge in [0.2, 0.25) is 5.91 Å². The standard InChI is InChI=1S/C10H16N2O2/c1-8-3-4-9(14-8)7-12(2)6-5-10(11)13/h3-4H,5-7H2,1-2H3,(H2,11,13). The van der Waals surface area contributed by atoms with Crippen LogP contribution in [0.1, 0.15) is 17.9 Å². The summed E-state index contributed by atoms with van der Waals surface area (Å²) in [6, 6.07) is 3.87. The lowest BCUT2D eigenvalue weighted by Gasteiger charge is -2.13. The number of nitrogens with zero attached hydrogens (tertiary/aromatic N) is 1. The van der Waals surface area contributed by atoms with Crippen molar-refractivity contribution in [3.63, 3.8) is 0 Å². The molecule has 0 aromatic carbocycles. The lowest BCUT2D eigenvalue weighted by Crippen LogP contribution is -2.23. The fourth-order valence-electron chi connectivity index (χ4n) is 1.22. The molecule has 0 aliphatic carbocycles. The lowest BCUT2D eigenvalue weighted by atomic mass is 10.3. The zero-order valence-corrected chi connectivity index (χ0v) is 8.62. The second-order valence-corrected chi connectivity index (χ2v) is 3.47. The van der Waals surface area contributed by atoms with Gasteiger partial charge in [-0.25, -0.2) is 0 Å². The molecule has 0 atom stereocenters. The Morgan fingerprint density at radius 1 is 1.57 bits per heavy atom. The van der Waals surface area contributed by atoms with Crippen molar-refractivity contribution in [2.24, 2.45) is 5.73 Å². The van der Waals surface area contributed by atoms with Crippen molar-refractivity contribution >= 4 is 5.91 Å². The van der Waals surface area contributed by atoms with Gasteiger partial charge in [-0.15, -0.1) is 0 Å². The molecule has 0 saturated carbocycles. The molecule has 0 radical (unpaired) electrons. The number of furan rings is 1. The minimum absolute atomic E-state index is 0.271. The van der Waals surface area contributed by atoms with Crippen molar-refractivity contribution in [2.45, 2.75) is 19.9 Å². The van der Waals surface area contributed by atoms with E-state index >= 15 is 0 Å². The van der Waals surface area contributed by atoms with E-state index in [2.05, 4.69) is 0 Å². The van der Waals surface area contributed by atoms with E-state index in [0.29, 0.717) is 19.5 Å². The van der Waals surface area contributed by atoms with Crippen LogP contribution in [0.5, 0.6) is 0 Å². The summed E-state index contributed by atoms with van der Waals surface area (Å²) in [5, 5.41) is 0. The predicted molar refractivity (Wildman–Crippen MR) is 53.6 cm³/mol. The van der Waals surface area contributed by atoms with Crippen LogP contribution < -0.4 is 5.73 Å². The van der Waals surface area contributed by atoms with Crippen molar-refractivity contribution in [2.75, 3.05) is 13.6 Å². The smallest absolute Gasteiger partial charge is 0.218 e. The summed E-state index contributed by atoms with van der Waals surface area (Å²) < 4.78 is 5.40. The van der Waals surface area contributed by atoms with Crippen molar-refractivity contribution in [1.82, 2.24) is 4.90 Å². The molecular formula is C10H16N2O2. The molecule has 1 heterocycles. The Labute approximate surface area is 83.7 Å². The minimum atomic E-state index is -0.271. The maximum Gasteiger partial charge on any atom is 0.218 e. The van der Waals surface area contributed by atoms with Crippen LogP contribution in [0, 0.1) is 6.92 Å². The Kier molecular flexibility index (Phi) is 3.71. The van der Waals surface area contributed by atoms with Gasteiger partial charge in [0, 0.05) is 13.0 Å². The van der Waals surface area contributed by atoms with Crippen LogP contribution in [-0.2, 0) is 11.3 Å². The molecule has 1 rings (SSSR count). The number of aryl methyl sites for hydroxylation is 1. The zero-order valence-electron chi connectivity index (χ0n) is 8.62. The first-order valence-electron chi connectivity index (χ1n) is 4.60. The summed E-state index contributed by atoms with van der Waals surface area (Å²) in [5.41, 5.74) is 5.05. The largest absolute Gasteiger partial charge is 0.465 e. The van der Waals surface area contributed by atoms with Crippen LogP contribution in [0.25, 0.3) is 0 Å². The van der Waals surface area contributed by atoms with Gasteiger partial charge in [0.05, 0.1) is 6.54 Å². The second kappa shape index (κ2) is 4.81. The highest BCUT2D eigenvalue weighted by atomic mass is 16.3. The number of primary amides is 1. The molecule has 78 valence electrons. The summed E-state index contributed by atoms with van der Waals surface area (Å²) in [5.74, 6) is 1.55. The molecule has 4 nitrogen and oxygen atoms in total. The minimum Gasteiger partial charge on any atom is -0.465 e. The molecule has 1 amide bonds. The quantitative estimate of drug-likeness (QED) is 0.761. The lowest BCUT2D eigenvalue weighted by molar-refractivity contribution is -0.118. The number of carbonyl (C=O) groups excluding carboxylic acids is 1. The van der Waals surface area contributed by atoms with E-state index in [1.165, 1.54) is 0 Å². The molecule has 0 aliphatic heterocycles. The van der Waals surface area contributed by atoms with Gasteiger partial charge in [0.25, 0.3) is 0 Å². The molecule has 1 aromatic heterocycles. The molecule has 0 spiro atoms. The van der Waals surface area contributed by atoms with Gasteiger partial charge in [-0.05, 0) is 26.1 Å². The fourth-order valence-corrected chi connectivity index (χ4v) is 1.22. The number of hydrogen-bond donors (Lipinski definition) is 1. The first-order valence-corrected chi connectivity index (χ1v) is 4.60. The van der Waals surface area contributed by atoms with Crippen LogP contribution in [0.15, 0.2) is 16.5 Å². The molecule has 0 fully saturated rings. The predicted octanol–water partition coefficient (Wildman–Crippen LogP) is 0.895. The summed E-state index contributed by atoms with van der Waals surface area (Å²) in [7, 11) is 1.93. The van der Waals surface area contributed by atoms with Crippen LogP contribution >= 0.6 is 0 Å². The third-order valence-corrected chi connectivity index (χ3v) is 1.96. The molecule has 14 heavy (non-hydrogen) atoms. The molecule has 1 aromatic rings. The average Bonchev–Trinajstić information content (AvgIpc) is 2.48. The molecule has 0 aliphatic rings. The third kappa shape index (κ3) is 3.62. The van der Waals surface area contributed by atoms with E-state index in [-0.39, 0.29) is 5.91 Å². The van der Waals surface area contributed by atoms with E-state index in [0.717, 1.165) is 11.5 Å². The summed E-state index contributed by atoms with van der Waals surface area (Å²) in [6.07, 6.45) is 0.385. The number of hydrogen-bond acceptors (Lipinski definition) is 3. The Hall–Kier alpha value is -1.29. The summed E-state index contributed by atoms with van der Waals surface area (Å²) in [6.45, 7) is 3.28. The molecular weight excluding hydrogens is 180 g/mol. The molecule has 4 heteroatoms. The molecule has 0 saturated heterocycles. The van der Waals surface area contributed by atoms with Gasteiger partial charge in [-0.1, -0.05) is 0 Å². The zero-order chi connectivity index (χ0) is 10.6. The monoisotopic (exact) mass is 196 g/mol. The third-order valence-electron chi connectivity index (χ3n) is 1.96. The average molecular weight is 196 g/mol. The first kappa shape index (κ1) is 10.8. The molecule has 0 bridgehead atoms. The van der Waals surface area contributed by atoms with E-state index in [1.54, 1.807) is 0 Å². The van der Waals surface area contributed by atoms with Gasteiger partial charge < -0.3 is 10.2 Å². The number of nitrogens with two attached hydrogens (primary N) is 1. The van der Waals surface area contributed by atoms with Gasteiger partial charge in [0.1, 0.15) is 11.5 Å². The van der Waals surface area contributed by atoms with Crippen LogP contribution in [0.3, 0.4) is 0 Å². The van der Waals surface area contributed by atoms with Crippen molar-refractivity contribution < 1.29 is 9.21 Å². The highest BCUT2D eigenvalue weighted by Crippen LogP contribution is 2.08. The van der Waals surface area contributed by atoms with Gasteiger partial charge >= 0.3 is 0 Å². The number of rotatable bonds is 5. The Morgan fingerprint density at radius 2 is 2.29 bits per heavy atom. The van der Waals surface area contributed by atoms with E-state index < -0.39 is 0 Å². The first-order chi connectivity index (χ1) is 6.58. The van der Waals surface area contributed by atoms with E-state index in [9.17, 15) is 4.79 Å². The Morgan fingerprint density at radius 3 is 2.79 bits per heavy atom. The highest BCUT2D eigenvalue weighted by Gasteiger charge is 2.04. The normalized spacial score (nSPS) is 10.8. The van der Waals surface area contributed by atoms with Crippen molar-refractivity contribution in [1.29, 1.82) is 0 Å². The Bertz CT molecular complexity index is 307. The van der Waals surface area contributed by atoms with Crippen molar-refractivity contribution in [3.8, 4) is 0 Å². The summed E-state index contributed by atoms with van der Waals surface area (Å²) in [4.78, 5) is 12.5. The fraction of sp³-hybridized carbons (Fsp3) is 0.500. The SMILES string of the molecule is Cc1ccc(CN(C)CCC(N)=O)o1. The van der Waals surface area contributed by atoms with Crippen molar-refractivity contribution in [3.05, 3.63) is 23.7 Å². The maximum atomic E-state index is 10.5.